The Labute approximate surface area is 158 Å². The fourth-order valence-electron chi connectivity index (χ4n) is 3.55. The van der Waals surface area contributed by atoms with E-state index in [0.29, 0.717) is 17.0 Å². The van der Waals surface area contributed by atoms with E-state index in [1.54, 1.807) is 12.1 Å². The summed E-state index contributed by atoms with van der Waals surface area (Å²) in [7, 11) is 1.33. The molecule has 0 radical (unpaired) electrons. The van der Waals surface area contributed by atoms with Gasteiger partial charge in [-0.15, -0.1) is 0 Å². The SMILES string of the molecule is COC(=O)C(CC(C)C)NC(=O)c1c2c(nc3ccc(Cl)cc13)CCC2. The van der Waals surface area contributed by atoms with E-state index >= 15 is 0 Å². The third kappa shape index (κ3) is 3.68. The van der Waals surface area contributed by atoms with Gasteiger partial charge in [-0.05, 0) is 55.4 Å². The van der Waals surface area contributed by atoms with Gasteiger partial charge in [0.1, 0.15) is 6.04 Å². The normalized spacial score (nSPS) is 14.3. The number of hydrogen-bond donors (Lipinski definition) is 1. The number of amides is 1. The van der Waals surface area contributed by atoms with Crippen LogP contribution in [-0.2, 0) is 22.4 Å². The van der Waals surface area contributed by atoms with Gasteiger partial charge in [-0.1, -0.05) is 25.4 Å². The van der Waals surface area contributed by atoms with Gasteiger partial charge in [0.05, 0.1) is 18.2 Å². The van der Waals surface area contributed by atoms with E-state index < -0.39 is 12.0 Å². The number of esters is 1. The highest BCUT2D eigenvalue weighted by molar-refractivity contribution is 6.31. The number of carbonyl (C=O) groups excluding carboxylic acids is 2. The molecule has 0 aliphatic heterocycles. The number of aryl methyl sites for hydroxylation is 1. The topological polar surface area (TPSA) is 68.3 Å². The maximum atomic E-state index is 13.2. The number of nitrogens with zero attached hydrogens (tertiary/aromatic N) is 1. The first-order chi connectivity index (χ1) is 12.4. The smallest absolute Gasteiger partial charge is 0.328 e. The van der Waals surface area contributed by atoms with Crippen LogP contribution in [0.5, 0.6) is 0 Å². The average Bonchev–Trinajstić information content (AvgIpc) is 3.05. The second-order valence-corrected chi connectivity index (χ2v) is 7.54. The molecule has 1 unspecified atom stereocenters. The zero-order chi connectivity index (χ0) is 18.8. The van der Waals surface area contributed by atoms with Crippen LogP contribution in [0.1, 0.15) is 48.3 Å². The molecule has 26 heavy (non-hydrogen) atoms. The predicted octanol–water partition coefficient (Wildman–Crippen LogP) is 3.69. The molecule has 1 atom stereocenters. The molecule has 1 N–H and O–H groups in total. The first kappa shape index (κ1) is 18.6. The monoisotopic (exact) mass is 374 g/mol. The van der Waals surface area contributed by atoms with Crippen LogP contribution in [0.25, 0.3) is 10.9 Å². The van der Waals surface area contributed by atoms with Crippen molar-refractivity contribution in [1.82, 2.24) is 10.3 Å². The lowest BCUT2D eigenvalue weighted by molar-refractivity contribution is -0.143. The fraction of sp³-hybridized carbons (Fsp3) is 0.450. The maximum Gasteiger partial charge on any atom is 0.328 e. The number of pyridine rings is 1. The number of benzene rings is 1. The first-order valence-corrected chi connectivity index (χ1v) is 9.28. The van der Waals surface area contributed by atoms with E-state index in [1.807, 2.05) is 19.9 Å². The zero-order valence-corrected chi connectivity index (χ0v) is 16.0. The molecule has 138 valence electrons. The van der Waals surface area contributed by atoms with Crippen LogP contribution in [0.15, 0.2) is 18.2 Å². The Kier molecular flexibility index (Phi) is 5.47. The van der Waals surface area contributed by atoms with Crippen molar-refractivity contribution in [2.24, 2.45) is 5.92 Å². The molecular weight excluding hydrogens is 352 g/mol. The van der Waals surface area contributed by atoms with Crippen molar-refractivity contribution >= 4 is 34.4 Å². The van der Waals surface area contributed by atoms with Crippen LogP contribution >= 0.6 is 11.6 Å². The first-order valence-electron chi connectivity index (χ1n) is 8.90. The second kappa shape index (κ2) is 7.62. The molecule has 1 heterocycles. The van der Waals surface area contributed by atoms with Crippen LogP contribution in [0.3, 0.4) is 0 Å². The van der Waals surface area contributed by atoms with Gasteiger partial charge in [-0.3, -0.25) is 9.78 Å². The summed E-state index contributed by atoms with van der Waals surface area (Å²) in [5.74, 6) is -0.456. The lowest BCUT2D eigenvalue weighted by Crippen LogP contribution is -2.42. The standard InChI is InChI=1S/C20H23ClN2O3/c1-11(2)9-17(20(25)26-3)23-19(24)18-13-5-4-6-15(13)22-16-8-7-12(21)10-14(16)18/h7-8,10-11,17H,4-6,9H2,1-3H3,(H,23,24). The highest BCUT2D eigenvalue weighted by atomic mass is 35.5. The number of fused-ring (bicyclic) bond motifs is 2. The minimum absolute atomic E-state index is 0.244. The van der Waals surface area contributed by atoms with Gasteiger partial charge < -0.3 is 10.1 Å². The summed E-state index contributed by atoms with van der Waals surface area (Å²) in [6, 6.07) is 4.70. The average molecular weight is 375 g/mol. The lowest BCUT2D eigenvalue weighted by atomic mass is 9.99. The lowest BCUT2D eigenvalue weighted by Gasteiger charge is -2.20. The number of ether oxygens (including phenoxy) is 1. The molecule has 0 saturated heterocycles. The largest absolute Gasteiger partial charge is 0.467 e. The molecule has 0 bridgehead atoms. The van der Waals surface area contributed by atoms with E-state index in [-0.39, 0.29) is 11.8 Å². The van der Waals surface area contributed by atoms with Gasteiger partial charge in [0.15, 0.2) is 0 Å². The summed E-state index contributed by atoms with van der Waals surface area (Å²) in [6.07, 6.45) is 3.16. The van der Waals surface area contributed by atoms with Crippen molar-refractivity contribution in [2.45, 2.75) is 45.6 Å². The summed E-state index contributed by atoms with van der Waals surface area (Å²) >= 11 is 6.16. The predicted molar refractivity (Wildman–Crippen MR) is 102 cm³/mol. The highest BCUT2D eigenvalue weighted by Crippen LogP contribution is 2.31. The highest BCUT2D eigenvalue weighted by Gasteiger charge is 2.28. The molecule has 6 heteroatoms. The van der Waals surface area contributed by atoms with Gasteiger partial charge in [0.2, 0.25) is 0 Å². The minimum atomic E-state index is -0.674. The van der Waals surface area contributed by atoms with E-state index in [4.69, 9.17) is 16.3 Å². The molecule has 0 fully saturated rings. The molecule has 1 aromatic heterocycles. The molecule has 0 spiro atoms. The molecular formula is C20H23ClN2O3. The Morgan fingerprint density at radius 2 is 2.08 bits per heavy atom. The summed E-state index contributed by atoms with van der Waals surface area (Å²) in [5.41, 5.74) is 3.26. The van der Waals surface area contributed by atoms with Crippen LogP contribution in [0.4, 0.5) is 0 Å². The van der Waals surface area contributed by atoms with Crippen LogP contribution in [0.2, 0.25) is 5.02 Å². The van der Waals surface area contributed by atoms with Crippen molar-refractivity contribution in [3.05, 3.63) is 40.0 Å². The summed E-state index contributed by atoms with van der Waals surface area (Å²) in [6.45, 7) is 4.00. The third-order valence-corrected chi connectivity index (χ3v) is 4.93. The van der Waals surface area contributed by atoms with Crippen molar-refractivity contribution in [1.29, 1.82) is 0 Å². The van der Waals surface area contributed by atoms with Crippen molar-refractivity contribution in [2.75, 3.05) is 7.11 Å². The molecule has 5 nitrogen and oxygen atoms in total. The Balaban J connectivity index is 2.04. The molecule has 1 aliphatic rings. The summed E-state index contributed by atoms with van der Waals surface area (Å²) in [4.78, 5) is 29.9. The van der Waals surface area contributed by atoms with Crippen LogP contribution in [0, 0.1) is 5.92 Å². The van der Waals surface area contributed by atoms with E-state index in [2.05, 4.69) is 10.3 Å². The number of methoxy groups -OCH3 is 1. The number of aromatic nitrogens is 1. The van der Waals surface area contributed by atoms with Crippen molar-refractivity contribution in [3.63, 3.8) is 0 Å². The zero-order valence-electron chi connectivity index (χ0n) is 15.3. The summed E-state index contributed by atoms with van der Waals surface area (Å²) in [5, 5.41) is 4.15. The molecule has 1 aliphatic carbocycles. The van der Waals surface area contributed by atoms with E-state index in [1.165, 1.54) is 7.11 Å². The number of hydrogen-bond acceptors (Lipinski definition) is 4. The van der Waals surface area contributed by atoms with Gasteiger partial charge >= 0.3 is 5.97 Å². The third-order valence-electron chi connectivity index (χ3n) is 4.70. The maximum absolute atomic E-state index is 13.2. The van der Waals surface area contributed by atoms with Gasteiger partial charge in [0.25, 0.3) is 5.91 Å². The fourth-order valence-corrected chi connectivity index (χ4v) is 3.72. The Morgan fingerprint density at radius 3 is 2.77 bits per heavy atom. The second-order valence-electron chi connectivity index (χ2n) is 7.11. The number of rotatable bonds is 5. The molecule has 0 saturated carbocycles. The van der Waals surface area contributed by atoms with E-state index in [9.17, 15) is 9.59 Å². The number of nitrogens with one attached hydrogen (secondary N) is 1. The number of carbonyl (C=O) groups is 2. The van der Waals surface area contributed by atoms with Crippen molar-refractivity contribution < 1.29 is 14.3 Å². The molecule has 3 rings (SSSR count). The van der Waals surface area contributed by atoms with Crippen LogP contribution < -0.4 is 5.32 Å². The Hall–Kier alpha value is -2.14. The summed E-state index contributed by atoms with van der Waals surface area (Å²) < 4.78 is 4.86. The van der Waals surface area contributed by atoms with Crippen molar-refractivity contribution in [3.8, 4) is 0 Å². The quantitative estimate of drug-likeness (QED) is 0.810. The van der Waals surface area contributed by atoms with E-state index in [0.717, 1.165) is 41.4 Å². The van der Waals surface area contributed by atoms with Gasteiger partial charge in [-0.2, -0.15) is 0 Å². The Morgan fingerprint density at radius 1 is 1.31 bits per heavy atom. The minimum Gasteiger partial charge on any atom is -0.467 e. The Bertz CT molecular complexity index is 864. The number of halogens is 1. The molecule has 1 amide bonds. The molecule has 2 aromatic rings. The van der Waals surface area contributed by atoms with Gasteiger partial charge in [0, 0.05) is 16.1 Å². The van der Waals surface area contributed by atoms with Gasteiger partial charge in [-0.25, -0.2) is 4.79 Å². The molecule has 1 aromatic carbocycles. The van der Waals surface area contributed by atoms with Crippen LogP contribution in [-0.4, -0.2) is 30.0 Å².